The van der Waals surface area contributed by atoms with Crippen LogP contribution in [-0.2, 0) is 4.79 Å². The van der Waals surface area contributed by atoms with Crippen molar-refractivity contribution in [2.24, 2.45) is 0 Å². The van der Waals surface area contributed by atoms with Gasteiger partial charge in [0.25, 0.3) is 0 Å². The zero-order chi connectivity index (χ0) is 5.86. The van der Waals surface area contributed by atoms with Gasteiger partial charge in [0.05, 0.1) is 0 Å². The van der Waals surface area contributed by atoms with Crippen molar-refractivity contribution in [3.05, 3.63) is 0 Å². The van der Waals surface area contributed by atoms with E-state index in [1.54, 1.807) is 0 Å². The smallest absolute Gasteiger partial charge is 0.241 e. The third-order valence-corrected chi connectivity index (χ3v) is 0.943. The number of carbonyl (C=O) groups is 1. The van der Waals surface area contributed by atoms with Gasteiger partial charge in [-0.3, -0.25) is 4.79 Å². The van der Waals surface area contributed by atoms with Crippen molar-refractivity contribution < 1.29 is 4.79 Å². The van der Waals surface area contributed by atoms with E-state index in [-0.39, 0.29) is 6.41 Å². The zero-order valence-corrected chi connectivity index (χ0v) is 5.28. The Balaban J connectivity index is 3.33. The lowest BCUT2D eigenvalue weighted by molar-refractivity contribution is -0.117. The van der Waals surface area contributed by atoms with Gasteiger partial charge in [-0.15, -0.1) is 0 Å². The largest absolute Gasteiger partial charge is 0.276 e. The molecule has 0 bridgehead atoms. The monoisotopic (exact) mass is 162 g/mol. The summed E-state index contributed by atoms with van der Waals surface area (Å²) in [7, 11) is 0. The topological polar surface area (TPSA) is 23.6 Å². The average molecular weight is 163 g/mol. The van der Waals surface area contributed by atoms with Gasteiger partial charge in [-0.2, -0.15) is 4.53 Å². The normalized spacial score (nSPS) is 9.14. The van der Waals surface area contributed by atoms with Gasteiger partial charge in [0.15, 0.2) is 0 Å². The molecule has 0 aliphatic heterocycles. The molecular formula is CHCl3N2O. The van der Waals surface area contributed by atoms with Crippen LogP contribution in [-0.4, -0.2) is 15.0 Å². The van der Waals surface area contributed by atoms with Crippen molar-refractivity contribution in [3.8, 4) is 0 Å². The highest BCUT2D eigenvalue weighted by Crippen LogP contribution is 2.04. The summed E-state index contributed by atoms with van der Waals surface area (Å²) in [4.78, 5) is 9.53. The first kappa shape index (κ1) is 7.30. The minimum atomic E-state index is 0.252. The Hall–Kier alpha value is 0.300. The Morgan fingerprint density at radius 3 is 1.71 bits per heavy atom. The number of amides is 1. The summed E-state index contributed by atoms with van der Waals surface area (Å²) >= 11 is 14.7. The van der Waals surface area contributed by atoms with E-state index in [0.29, 0.717) is 8.58 Å². The number of hydrazine groups is 1. The standard InChI is InChI=1S/CHCl3N2O/c2-5(1-7)6(3)4/h1H. The lowest BCUT2D eigenvalue weighted by atomic mass is 11.4. The van der Waals surface area contributed by atoms with E-state index in [9.17, 15) is 4.79 Å². The fourth-order valence-corrected chi connectivity index (χ4v) is 0.107. The predicted molar refractivity (Wildman–Crippen MR) is 27.3 cm³/mol. The maximum atomic E-state index is 9.53. The van der Waals surface area contributed by atoms with E-state index in [0.717, 1.165) is 0 Å². The quantitative estimate of drug-likeness (QED) is 0.346. The summed E-state index contributed by atoms with van der Waals surface area (Å²) in [6.07, 6.45) is 0.252. The van der Waals surface area contributed by atoms with Crippen LogP contribution in [0.5, 0.6) is 0 Å². The van der Waals surface area contributed by atoms with Crippen LogP contribution in [0.4, 0.5) is 0 Å². The Bertz CT molecular complexity index is 66.0. The lowest BCUT2D eigenvalue weighted by Gasteiger charge is -2.06. The molecule has 0 heterocycles. The number of carbonyl (C=O) groups excluding carboxylic acids is 1. The third-order valence-electron chi connectivity index (χ3n) is 0.231. The molecule has 0 N–H and O–H groups in total. The molecule has 0 aliphatic rings. The molecule has 0 atom stereocenters. The van der Waals surface area contributed by atoms with Crippen molar-refractivity contribution in [2.75, 3.05) is 0 Å². The Morgan fingerprint density at radius 2 is 1.71 bits per heavy atom. The van der Waals surface area contributed by atoms with Crippen LogP contribution < -0.4 is 0 Å². The SMILES string of the molecule is O=CN(Cl)N(Cl)Cl. The zero-order valence-electron chi connectivity index (χ0n) is 3.01. The van der Waals surface area contributed by atoms with E-state index in [1.807, 2.05) is 0 Å². The molecule has 0 unspecified atom stereocenters. The molecule has 1 amide bonds. The van der Waals surface area contributed by atoms with Crippen LogP contribution in [0.2, 0.25) is 0 Å². The third kappa shape index (κ3) is 2.93. The highest BCUT2D eigenvalue weighted by Gasteiger charge is 2.00. The minimum Gasteiger partial charge on any atom is -0.276 e. The maximum absolute atomic E-state index is 9.53. The van der Waals surface area contributed by atoms with E-state index < -0.39 is 0 Å². The van der Waals surface area contributed by atoms with Crippen molar-refractivity contribution in [1.82, 2.24) is 8.58 Å². The predicted octanol–water partition coefficient (Wildman–Crippen LogP) is 1.12. The van der Waals surface area contributed by atoms with Gasteiger partial charge in [-0.1, -0.05) is 0 Å². The van der Waals surface area contributed by atoms with Crippen LogP contribution in [0.3, 0.4) is 0 Å². The van der Waals surface area contributed by atoms with Crippen molar-refractivity contribution >= 4 is 41.7 Å². The van der Waals surface area contributed by atoms with Gasteiger partial charge in [0.1, 0.15) is 0 Å². The Morgan fingerprint density at radius 1 is 1.29 bits per heavy atom. The first-order valence-electron chi connectivity index (χ1n) is 1.20. The summed E-state index contributed by atoms with van der Waals surface area (Å²) in [5.74, 6) is 0. The van der Waals surface area contributed by atoms with E-state index in [4.69, 9.17) is 35.3 Å². The molecule has 0 aliphatic carbocycles. The molecule has 0 aromatic carbocycles. The molecule has 0 saturated carbocycles. The molecule has 0 aromatic rings. The Labute approximate surface area is 55.6 Å². The van der Waals surface area contributed by atoms with Crippen LogP contribution in [0.25, 0.3) is 0 Å². The molecule has 0 fully saturated rings. The van der Waals surface area contributed by atoms with Gasteiger partial charge < -0.3 is 0 Å². The number of hydrogen-bond acceptors (Lipinski definition) is 2. The number of nitrogens with zero attached hydrogens (tertiary/aromatic N) is 2. The number of halogens is 3. The van der Waals surface area contributed by atoms with Crippen LogP contribution in [0, 0.1) is 0 Å². The van der Waals surface area contributed by atoms with E-state index in [2.05, 4.69) is 0 Å². The molecule has 42 valence electrons. The van der Waals surface area contributed by atoms with Gasteiger partial charge in [0.2, 0.25) is 6.41 Å². The molecule has 0 aromatic heterocycles. The van der Waals surface area contributed by atoms with Gasteiger partial charge in [-0.25, -0.2) is 0 Å². The average Bonchev–Trinajstić information content (AvgIpc) is 1.65. The molecule has 0 saturated heterocycles. The number of rotatable bonds is 2. The van der Waals surface area contributed by atoms with Crippen molar-refractivity contribution in [1.29, 1.82) is 0 Å². The minimum absolute atomic E-state index is 0.252. The van der Waals surface area contributed by atoms with Gasteiger partial charge in [-0.05, 0) is 4.05 Å². The lowest BCUT2D eigenvalue weighted by Crippen LogP contribution is -2.16. The maximum Gasteiger partial charge on any atom is 0.241 e. The van der Waals surface area contributed by atoms with Crippen LogP contribution >= 0.6 is 35.3 Å². The first-order valence-corrected chi connectivity index (χ1v) is 2.22. The van der Waals surface area contributed by atoms with Crippen molar-refractivity contribution in [3.63, 3.8) is 0 Å². The molecule has 7 heavy (non-hydrogen) atoms. The highest BCUT2D eigenvalue weighted by molar-refractivity contribution is 6.36. The van der Waals surface area contributed by atoms with E-state index >= 15 is 0 Å². The van der Waals surface area contributed by atoms with Crippen LogP contribution in [0.1, 0.15) is 0 Å². The molecule has 3 nitrogen and oxygen atoms in total. The fourth-order valence-electron chi connectivity index (χ4n) is 0.0356. The van der Waals surface area contributed by atoms with Gasteiger partial charge in [0, 0.05) is 35.3 Å². The summed E-state index contributed by atoms with van der Waals surface area (Å²) < 4.78 is 0.845. The summed E-state index contributed by atoms with van der Waals surface area (Å²) in [6, 6.07) is 0. The van der Waals surface area contributed by atoms with Crippen molar-refractivity contribution in [2.45, 2.75) is 0 Å². The second-order valence-electron chi connectivity index (χ2n) is 0.609. The molecular weight excluding hydrogens is 162 g/mol. The highest BCUT2D eigenvalue weighted by atomic mass is 35.5. The summed E-state index contributed by atoms with van der Waals surface area (Å²) in [6.45, 7) is 0. The van der Waals surface area contributed by atoms with Crippen LogP contribution in [0.15, 0.2) is 0 Å². The summed E-state index contributed by atoms with van der Waals surface area (Å²) in [5, 5.41) is 0. The second kappa shape index (κ2) is 3.32. The van der Waals surface area contributed by atoms with E-state index in [1.165, 1.54) is 0 Å². The molecule has 0 rings (SSSR count). The fraction of sp³-hybridized carbons (Fsp3) is 0. The second-order valence-corrected chi connectivity index (χ2v) is 1.77. The van der Waals surface area contributed by atoms with Gasteiger partial charge >= 0.3 is 0 Å². The first-order chi connectivity index (χ1) is 3.18. The molecule has 0 radical (unpaired) electrons. The molecule has 0 spiro atoms. The summed E-state index contributed by atoms with van der Waals surface area (Å²) in [5.41, 5.74) is 0. The molecule has 6 heteroatoms. The number of hydrogen-bond donors (Lipinski definition) is 0. The Kier molecular flexibility index (Phi) is 3.46.